The Labute approximate surface area is 510 Å². The number of hydrogen-bond acceptors (Lipinski definition) is 3. The summed E-state index contributed by atoms with van der Waals surface area (Å²) in [5.41, 5.74) is 37.9. The van der Waals surface area contributed by atoms with E-state index in [0.29, 0.717) is 0 Å². The van der Waals surface area contributed by atoms with E-state index in [1.807, 2.05) is 0 Å². The Bertz CT molecular complexity index is 4350. The average Bonchev–Trinajstić information content (AvgIpc) is 0.975. The molecule has 0 saturated carbocycles. The van der Waals surface area contributed by atoms with Gasteiger partial charge in [-0.2, -0.15) is 0 Å². The van der Waals surface area contributed by atoms with Crippen LogP contribution in [-0.2, 0) is 16.2 Å². The second-order valence-corrected chi connectivity index (χ2v) is 26.2. The summed E-state index contributed by atoms with van der Waals surface area (Å²) in [5.74, 6) is 0. The molecule has 0 radical (unpaired) electrons. The number of anilines is 9. The molecule has 1 aliphatic heterocycles. The third-order valence-corrected chi connectivity index (χ3v) is 20.5. The first-order chi connectivity index (χ1) is 41.3. The molecule has 0 aromatic heterocycles. The maximum Gasteiger partial charge on any atom is 0.0742 e. The lowest BCUT2D eigenvalue weighted by Crippen LogP contribution is -2.38. The van der Waals surface area contributed by atoms with E-state index in [1.165, 1.54) is 139 Å². The largest absolute Gasteiger partial charge is 0.310 e. The molecule has 0 bridgehead atoms. The van der Waals surface area contributed by atoms with Gasteiger partial charge in [-0.15, -0.1) is 0 Å². The van der Waals surface area contributed by atoms with Crippen LogP contribution in [0.4, 0.5) is 51.2 Å². The number of rotatable bonds is 9. The number of aryl methyl sites for hydroxylation is 6. The number of hydrogen-bond donors (Lipinski definition) is 0. The molecule has 0 saturated heterocycles. The van der Waals surface area contributed by atoms with Gasteiger partial charge in [0.1, 0.15) is 0 Å². The monoisotopic (exact) mass is 1120 g/mol. The quantitative estimate of drug-likeness (QED) is 0.143. The highest BCUT2D eigenvalue weighted by Gasteiger charge is 2.47. The maximum atomic E-state index is 2.54. The van der Waals surface area contributed by atoms with Gasteiger partial charge in [0, 0.05) is 39.3 Å². The van der Waals surface area contributed by atoms with Gasteiger partial charge in [-0.1, -0.05) is 178 Å². The van der Waals surface area contributed by atoms with Crippen LogP contribution in [0.1, 0.15) is 128 Å². The minimum Gasteiger partial charge on any atom is -0.310 e. The van der Waals surface area contributed by atoms with Crippen molar-refractivity contribution in [1.82, 2.24) is 0 Å². The van der Waals surface area contributed by atoms with Gasteiger partial charge in [-0.25, -0.2) is 0 Å². The zero-order valence-electron chi connectivity index (χ0n) is 52.5. The van der Waals surface area contributed by atoms with Crippen molar-refractivity contribution in [2.24, 2.45) is 0 Å². The van der Waals surface area contributed by atoms with Crippen molar-refractivity contribution in [1.29, 1.82) is 0 Å². The second kappa shape index (κ2) is 20.0. The Morgan fingerprint density at radius 2 is 0.686 bits per heavy atom. The molecule has 3 heteroatoms. The number of benzene rings is 11. The molecule has 86 heavy (non-hydrogen) atoms. The fraction of sp³-hybridized carbons (Fsp3) is 0.205. The molecule has 0 amide bonds. The van der Waals surface area contributed by atoms with Gasteiger partial charge in [-0.3, -0.25) is 0 Å². The minimum absolute atomic E-state index is 0.155. The highest BCUT2D eigenvalue weighted by Crippen LogP contribution is 2.60. The van der Waals surface area contributed by atoms with Crippen LogP contribution in [0.25, 0.3) is 22.3 Å². The van der Waals surface area contributed by atoms with E-state index < -0.39 is 5.41 Å². The summed E-state index contributed by atoms with van der Waals surface area (Å²) in [7, 11) is 0. The smallest absolute Gasteiger partial charge is 0.0742 e. The molecular weight excluding hydrogens is 1040 g/mol. The molecule has 2 aliphatic carbocycles. The highest BCUT2D eigenvalue weighted by molar-refractivity contribution is 5.93. The van der Waals surface area contributed by atoms with E-state index in [-0.39, 0.29) is 10.8 Å². The van der Waals surface area contributed by atoms with Gasteiger partial charge in [0.2, 0.25) is 0 Å². The Balaban J connectivity index is 0.995. The number of nitrogens with zero attached hydrogens (tertiary/aromatic N) is 3. The molecule has 0 unspecified atom stereocenters. The molecule has 1 heterocycles. The highest BCUT2D eigenvalue weighted by atomic mass is 15.2. The fourth-order valence-corrected chi connectivity index (χ4v) is 15.6. The van der Waals surface area contributed by atoms with Crippen molar-refractivity contribution in [3.8, 4) is 22.3 Å². The standard InChI is InChI=1S/C83H77N3/c1-50-27-34-64(35-28-50)86-77-26-20-19-25-73(77)83(76-45-51(2)29-44-78(76)86,60-30-36-62(37-31-60)84(79-54(5)46-52(3)56(7)58(79)9)65-40-42-69-67-21-15-17-23-71(67)81(11,12)74(69)48-65)61-32-38-63(39-33-61)85(80-55(6)47-53(4)57(8)59(80)10)66-41-43-70-68-22-16-18-24-72(68)82(13,14)75(70)49-66/h15-49H,1-14H3. The predicted molar refractivity (Wildman–Crippen MR) is 365 cm³/mol. The normalized spacial score (nSPS) is 14.4. The molecular formula is C83H77N3. The Morgan fingerprint density at radius 1 is 0.291 bits per heavy atom. The molecule has 3 aliphatic rings. The van der Waals surface area contributed by atoms with Crippen LogP contribution in [0.3, 0.4) is 0 Å². The fourth-order valence-electron chi connectivity index (χ4n) is 15.6. The van der Waals surface area contributed by atoms with Crippen LogP contribution < -0.4 is 14.7 Å². The van der Waals surface area contributed by atoms with E-state index in [1.54, 1.807) is 0 Å². The average molecular weight is 1120 g/mol. The van der Waals surface area contributed by atoms with Crippen molar-refractivity contribution in [3.05, 3.63) is 312 Å². The topological polar surface area (TPSA) is 9.72 Å². The van der Waals surface area contributed by atoms with Crippen molar-refractivity contribution < 1.29 is 0 Å². The Kier molecular flexibility index (Phi) is 12.7. The van der Waals surface area contributed by atoms with Gasteiger partial charge >= 0.3 is 0 Å². The molecule has 0 N–H and O–H groups in total. The molecule has 11 aromatic rings. The van der Waals surface area contributed by atoms with Gasteiger partial charge in [-0.05, 0) is 253 Å². The molecule has 0 spiro atoms. The first kappa shape index (κ1) is 54.7. The van der Waals surface area contributed by atoms with Crippen LogP contribution in [0, 0.1) is 69.2 Å². The molecule has 11 aromatic carbocycles. The van der Waals surface area contributed by atoms with Crippen LogP contribution in [0.2, 0.25) is 0 Å². The van der Waals surface area contributed by atoms with Crippen LogP contribution >= 0.6 is 0 Å². The predicted octanol–water partition coefficient (Wildman–Crippen LogP) is 22.5. The maximum absolute atomic E-state index is 2.54. The van der Waals surface area contributed by atoms with Crippen molar-refractivity contribution in [2.45, 2.75) is 113 Å². The zero-order chi connectivity index (χ0) is 59.9. The third kappa shape index (κ3) is 8.07. The first-order valence-electron chi connectivity index (χ1n) is 30.8. The van der Waals surface area contributed by atoms with E-state index >= 15 is 0 Å². The number of fused-ring (bicyclic) bond motifs is 8. The summed E-state index contributed by atoms with van der Waals surface area (Å²) in [4.78, 5) is 7.57. The lowest BCUT2D eigenvalue weighted by molar-refractivity contribution is 0.660. The van der Waals surface area contributed by atoms with Crippen molar-refractivity contribution in [3.63, 3.8) is 0 Å². The Morgan fingerprint density at radius 3 is 1.16 bits per heavy atom. The van der Waals surface area contributed by atoms with Gasteiger partial charge < -0.3 is 14.7 Å². The molecule has 14 rings (SSSR count). The van der Waals surface area contributed by atoms with Crippen molar-refractivity contribution >= 4 is 51.2 Å². The summed E-state index contributed by atoms with van der Waals surface area (Å²) < 4.78 is 0. The summed E-state index contributed by atoms with van der Waals surface area (Å²) in [6, 6.07) is 81.8. The minimum atomic E-state index is -0.753. The van der Waals surface area contributed by atoms with E-state index in [2.05, 4.69) is 324 Å². The van der Waals surface area contributed by atoms with E-state index in [9.17, 15) is 0 Å². The van der Waals surface area contributed by atoms with Gasteiger partial charge in [0.25, 0.3) is 0 Å². The van der Waals surface area contributed by atoms with Crippen LogP contribution in [0.15, 0.2) is 212 Å². The SMILES string of the molecule is Cc1ccc(N2c3ccccc3C(c3ccc(N(c4ccc5c(c4)C(C)(C)c4ccccc4-5)c4c(C)cc(C)c(C)c4C)cc3)(c3ccc(N(c4ccc5c(c4)C(C)(C)c4ccccc4-5)c4c(C)cc(C)c(C)c4C)cc3)c3cc(C)ccc32)cc1. The second-order valence-electron chi connectivity index (χ2n) is 26.2. The van der Waals surface area contributed by atoms with Gasteiger partial charge in [0.15, 0.2) is 0 Å². The van der Waals surface area contributed by atoms with E-state index in [0.717, 1.165) is 34.1 Å². The molecule has 0 fully saturated rings. The Hall–Kier alpha value is -9.18. The molecule has 424 valence electrons. The summed E-state index contributed by atoms with van der Waals surface area (Å²) >= 11 is 0. The molecule has 0 atom stereocenters. The summed E-state index contributed by atoms with van der Waals surface area (Å²) in [6.45, 7) is 32.2. The van der Waals surface area contributed by atoms with Gasteiger partial charge in [0.05, 0.1) is 28.2 Å². The summed E-state index contributed by atoms with van der Waals surface area (Å²) in [5, 5.41) is 0. The molecule has 3 nitrogen and oxygen atoms in total. The lowest BCUT2D eigenvalue weighted by atomic mass is 9.62. The van der Waals surface area contributed by atoms with Crippen LogP contribution in [-0.4, -0.2) is 0 Å². The number of para-hydroxylation sites is 1. The van der Waals surface area contributed by atoms with Crippen LogP contribution in [0.5, 0.6) is 0 Å². The third-order valence-electron chi connectivity index (χ3n) is 20.5. The van der Waals surface area contributed by atoms with Crippen molar-refractivity contribution in [2.75, 3.05) is 14.7 Å². The van der Waals surface area contributed by atoms with E-state index in [4.69, 9.17) is 0 Å². The lowest BCUT2D eigenvalue weighted by Gasteiger charge is -2.47. The summed E-state index contributed by atoms with van der Waals surface area (Å²) in [6.07, 6.45) is 0. The zero-order valence-corrected chi connectivity index (χ0v) is 52.5. The first-order valence-corrected chi connectivity index (χ1v) is 30.8.